The van der Waals surface area contributed by atoms with Crippen LogP contribution in [-0.2, 0) is 5.75 Å². The molecule has 0 bridgehead atoms. The molecule has 0 unspecified atom stereocenters. The molecule has 1 amide bonds. The van der Waals surface area contributed by atoms with Crippen LogP contribution in [0.1, 0.15) is 16.1 Å². The van der Waals surface area contributed by atoms with Gasteiger partial charge in [-0.1, -0.05) is 18.2 Å². The van der Waals surface area contributed by atoms with Crippen molar-refractivity contribution < 1.29 is 9.21 Å². The van der Waals surface area contributed by atoms with Gasteiger partial charge in [-0.15, -0.1) is 23.1 Å². The van der Waals surface area contributed by atoms with Gasteiger partial charge < -0.3 is 4.42 Å². The van der Waals surface area contributed by atoms with Gasteiger partial charge in [0.05, 0.1) is 6.26 Å². The fraction of sp³-hybridized carbons (Fsp3) is 0.0667. The number of amides is 1. The zero-order valence-corrected chi connectivity index (χ0v) is 12.6. The molecule has 21 heavy (non-hydrogen) atoms. The van der Waals surface area contributed by atoms with Crippen molar-refractivity contribution in [1.29, 1.82) is 0 Å². The molecule has 2 heterocycles. The number of thiazole rings is 1. The van der Waals surface area contributed by atoms with Crippen LogP contribution >= 0.6 is 23.1 Å². The molecule has 106 valence electrons. The summed E-state index contributed by atoms with van der Waals surface area (Å²) in [5.41, 5.74) is 0.873. The molecule has 0 aliphatic heterocycles. The number of carbonyl (C=O) groups excluding carboxylic acids is 1. The van der Waals surface area contributed by atoms with E-state index in [1.807, 2.05) is 41.8 Å². The summed E-state index contributed by atoms with van der Waals surface area (Å²) in [6, 6.07) is 11.9. The van der Waals surface area contributed by atoms with Crippen LogP contribution in [0.4, 0.5) is 5.13 Å². The predicted octanol–water partition coefficient (Wildman–Crippen LogP) is 4.28. The zero-order valence-electron chi connectivity index (χ0n) is 11.0. The van der Waals surface area contributed by atoms with Gasteiger partial charge in [-0.05, 0) is 18.2 Å². The highest BCUT2D eigenvalue weighted by molar-refractivity contribution is 7.98. The Morgan fingerprint density at radius 3 is 2.90 bits per heavy atom. The quantitative estimate of drug-likeness (QED) is 0.714. The third-order valence-corrected chi connectivity index (χ3v) is 4.49. The highest BCUT2D eigenvalue weighted by Crippen LogP contribution is 2.25. The topological polar surface area (TPSA) is 55.1 Å². The van der Waals surface area contributed by atoms with Crippen molar-refractivity contribution in [3.8, 4) is 0 Å². The van der Waals surface area contributed by atoms with Crippen molar-refractivity contribution in [2.75, 3.05) is 5.32 Å². The van der Waals surface area contributed by atoms with Gasteiger partial charge in [-0.25, -0.2) is 4.98 Å². The third-order valence-electron chi connectivity index (χ3n) is 2.74. The van der Waals surface area contributed by atoms with Crippen molar-refractivity contribution in [2.45, 2.75) is 10.6 Å². The summed E-state index contributed by atoms with van der Waals surface area (Å²) < 4.78 is 5.32. The Morgan fingerprint density at radius 2 is 2.14 bits per heavy atom. The molecule has 0 saturated heterocycles. The number of thioether (sulfide) groups is 1. The molecule has 0 saturated carbocycles. The molecular formula is C15H12N2O2S2. The molecule has 1 aromatic carbocycles. The molecule has 4 nitrogen and oxygen atoms in total. The van der Waals surface area contributed by atoms with E-state index in [2.05, 4.69) is 10.3 Å². The first kappa shape index (κ1) is 13.9. The Labute approximate surface area is 130 Å². The second-order valence-electron chi connectivity index (χ2n) is 4.17. The van der Waals surface area contributed by atoms with Crippen molar-refractivity contribution in [3.05, 3.63) is 65.6 Å². The molecule has 0 atom stereocenters. The maximum Gasteiger partial charge on any atom is 0.293 e. The van der Waals surface area contributed by atoms with Gasteiger partial charge >= 0.3 is 0 Å². The monoisotopic (exact) mass is 316 g/mol. The van der Waals surface area contributed by atoms with Crippen molar-refractivity contribution >= 4 is 34.1 Å². The van der Waals surface area contributed by atoms with Crippen LogP contribution in [0.25, 0.3) is 0 Å². The molecule has 2 aromatic heterocycles. The summed E-state index contributed by atoms with van der Waals surface area (Å²) in [5.74, 6) is 0.758. The Kier molecular flexibility index (Phi) is 4.37. The summed E-state index contributed by atoms with van der Waals surface area (Å²) in [4.78, 5) is 17.3. The van der Waals surface area contributed by atoms with E-state index in [4.69, 9.17) is 4.42 Å². The minimum atomic E-state index is -0.265. The lowest BCUT2D eigenvalue weighted by Gasteiger charge is -2.03. The van der Waals surface area contributed by atoms with Crippen molar-refractivity contribution in [3.63, 3.8) is 0 Å². The maximum absolute atomic E-state index is 12.2. The summed E-state index contributed by atoms with van der Waals surface area (Å²) in [6.45, 7) is 0. The zero-order chi connectivity index (χ0) is 14.5. The first-order chi connectivity index (χ1) is 10.3. The van der Waals surface area contributed by atoms with E-state index in [0.717, 1.165) is 10.5 Å². The third kappa shape index (κ3) is 3.53. The van der Waals surface area contributed by atoms with E-state index < -0.39 is 0 Å². The number of carbonyl (C=O) groups is 1. The number of benzene rings is 1. The summed E-state index contributed by atoms with van der Waals surface area (Å²) in [7, 11) is 0. The van der Waals surface area contributed by atoms with E-state index in [0.29, 0.717) is 16.6 Å². The van der Waals surface area contributed by atoms with Gasteiger partial charge in [-0.3, -0.25) is 10.1 Å². The van der Waals surface area contributed by atoms with Crippen molar-refractivity contribution in [1.82, 2.24) is 4.98 Å². The summed E-state index contributed by atoms with van der Waals surface area (Å²) in [6.07, 6.45) is 3.19. The Bertz CT molecular complexity index is 708. The molecular weight excluding hydrogens is 304 g/mol. The van der Waals surface area contributed by atoms with E-state index in [1.165, 1.54) is 17.6 Å². The largest absolute Gasteiger partial charge is 0.459 e. The van der Waals surface area contributed by atoms with Gasteiger partial charge in [0.1, 0.15) is 0 Å². The predicted molar refractivity (Wildman–Crippen MR) is 84.8 cm³/mol. The fourth-order valence-electron chi connectivity index (χ4n) is 1.77. The lowest BCUT2D eigenvalue weighted by atomic mass is 10.3. The first-order valence-electron chi connectivity index (χ1n) is 6.28. The van der Waals surface area contributed by atoms with Gasteiger partial charge in [-0.2, -0.15) is 0 Å². The van der Waals surface area contributed by atoms with Crippen LogP contribution in [0, 0.1) is 0 Å². The molecule has 0 aliphatic carbocycles. The molecule has 0 aliphatic rings. The molecule has 6 heteroatoms. The van der Waals surface area contributed by atoms with Gasteiger partial charge in [0.2, 0.25) is 0 Å². The van der Waals surface area contributed by atoms with Crippen LogP contribution in [0.3, 0.4) is 0 Å². The van der Waals surface area contributed by atoms with Gasteiger partial charge in [0.25, 0.3) is 5.91 Å². The standard InChI is InChI=1S/C15H12N2O2S2/c18-14(17-15-16-7-9-20-15)13-11(6-8-19-13)10-21-12-4-2-1-3-5-12/h1-9H,10H2,(H,16,17,18). The van der Waals surface area contributed by atoms with Gasteiger partial charge in [0.15, 0.2) is 10.9 Å². The second-order valence-corrected chi connectivity index (χ2v) is 6.11. The highest BCUT2D eigenvalue weighted by atomic mass is 32.2. The first-order valence-corrected chi connectivity index (χ1v) is 8.14. The average molecular weight is 316 g/mol. The summed E-state index contributed by atoms with van der Waals surface area (Å²) in [5, 5.41) is 5.11. The van der Waals surface area contributed by atoms with Crippen LogP contribution in [-0.4, -0.2) is 10.9 Å². The van der Waals surface area contributed by atoms with Crippen LogP contribution in [0.15, 0.2) is 63.6 Å². The number of aromatic nitrogens is 1. The minimum Gasteiger partial charge on any atom is -0.459 e. The lowest BCUT2D eigenvalue weighted by molar-refractivity contribution is 0.0996. The SMILES string of the molecule is O=C(Nc1nccs1)c1occc1CSc1ccccc1. The number of furan rings is 1. The molecule has 1 N–H and O–H groups in total. The van der Waals surface area contributed by atoms with Crippen LogP contribution in [0.5, 0.6) is 0 Å². The number of anilines is 1. The molecule has 3 aromatic rings. The normalized spacial score (nSPS) is 10.5. The van der Waals surface area contributed by atoms with Crippen LogP contribution < -0.4 is 5.32 Å². The minimum absolute atomic E-state index is 0.265. The molecule has 3 rings (SSSR count). The van der Waals surface area contributed by atoms with E-state index in [-0.39, 0.29) is 5.91 Å². The van der Waals surface area contributed by atoms with Crippen LogP contribution in [0.2, 0.25) is 0 Å². The molecule has 0 spiro atoms. The molecule has 0 radical (unpaired) electrons. The highest BCUT2D eigenvalue weighted by Gasteiger charge is 2.16. The van der Waals surface area contributed by atoms with E-state index in [1.54, 1.807) is 18.0 Å². The fourth-order valence-corrected chi connectivity index (χ4v) is 3.19. The second kappa shape index (κ2) is 6.60. The molecule has 0 fully saturated rings. The smallest absolute Gasteiger partial charge is 0.293 e. The number of nitrogens with one attached hydrogen (secondary N) is 1. The van der Waals surface area contributed by atoms with Gasteiger partial charge in [0, 0.05) is 27.8 Å². The van der Waals surface area contributed by atoms with E-state index in [9.17, 15) is 4.79 Å². The summed E-state index contributed by atoms with van der Waals surface area (Å²) >= 11 is 3.04. The number of hydrogen-bond acceptors (Lipinski definition) is 5. The lowest BCUT2D eigenvalue weighted by Crippen LogP contribution is -2.12. The van der Waals surface area contributed by atoms with E-state index >= 15 is 0 Å². The Morgan fingerprint density at radius 1 is 1.29 bits per heavy atom. The number of nitrogens with zero attached hydrogens (tertiary/aromatic N) is 1. The number of hydrogen-bond donors (Lipinski definition) is 1. The maximum atomic E-state index is 12.2. The Hall–Kier alpha value is -2.05. The average Bonchev–Trinajstić information content (AvgIpc) is 3.17. The number of rotatable bonds is 5. The Balaban J connectivity index is 1.67. The van der Waals surface area contributed by atoms with Crippen molar-refractivity contribution in [2.24, 2.45) is 0 Å².